The monoisotopic (exact) mass is 297 g/mol. The van der Waals surface area contributed by atoms with Crippen molar-refractivity contribution in [3.8, 4) is 0 Å². The molecule has 0 atom stereocenters. The van der Waals surface area contributed by atoms with Gasteiger partial charge in [0.25, 0.3) is 0 Å². The number of sulfonamides is 1. The van der Waals surface area contributed by atoms with Gasteiger partial charge in [0.15, 0.2) is 0 Å². The molecule has 0 spiro atoms. The Morgan fingerprint density at radius 1 is 1.35 bits per heavy atom. The molecule has 0 amide bonds. The lowest BCUT2D eigenvalue weighted by Crippen LogP contribution is -2.26. The molecule has 1 aromatic heterocycles. The maximum Gasteiger partial charge on any atom is 0.244 e. The lowest BCUT2D eigenvalue weighted by Gasteiger charge is -2.13. The first kappa shape index (κ1) is 14.1. The largest absolute Gasteiger partial charge is 0.346 e. The first-order chi connectivity index (χ1) is 9.52. The van der Waals surface area contributed by atoms with E-state index in [-0.39, 0.29) is 0 Å². The minimum Gasteiger partial charge on any atom is -0.346 e. The van der Waals surface area contributed by atoms with Gasteiger partial charge >= 0.3 is 0 Å². The molecule has 112 valence electrons. The Balaban J connectivity index is 1.85. The van der Waals surface area contributed by atoms with E-state index in [0.717, 1.165) is 25.1 Å². The second kappa shape index (κ2) is 5.16. The minimum atomic E-state index is -3.33. The predicted octanol–water partition coefficient (Wildman–Crippen LogP) is 1.72. The van der Waals surface area contributed by atoms with Gasteiger partial charge in [0.2, 0.25) is 10.0 Å². The van der Waals surface area contributed by atoms with Crippen LogP contribution in [0.25, 0.3) is 0 Å². The summed E-state index contributed by atoms with van der Waals surface area (Å²) < 4.78 is 28.4. The van der Waals surface area contributed by atoms with Crippen LogP contribution in [-0.2, 0) is 16.6 Å². The highest BCUT2D eigenvalue weighted by molar-refractivity contribution is 7.89. The molecule has 2 saturated carbocycles. The molecule has 5 nitrogen and oxygen atoms in total. The van der Waals surface area contributed by atoms with E-state index < -0.39 is 10.0 Å². The summed E-state index contributed by atoms with van der Waals surface area (Å²) >= 11 is 0. The Morgan fingerprint density at radius 2 is 2.05 bits per heavy atom. The fourth-order valence-electron chi connectivity index (χ4n) is 2.36. The maximum absolute atomic E-state index is 12.4. The molecule has 20 heavy (non-hydrogen) atoms. The van der Waals surface area contributed by atoms with Crippen LogP contribution in [0.3, 0.4) is 0 Å². The Labute approximate surface area is 121 Å². The van der Waals surface area contributed by atoms with E-state index in [0.29, 0.717) is 23.5 Å². The van der Waals surface area contributed by atoms with Gasteiger partial charge in [-0.1, -0.05) is 6.92 Å². The summed E-state index contributed by atoms with van der Waals surface area (Å²) in [6.45, 7) is 3.12. The molecule has 6 heteroatoms. The van der Waals surface area contributed by atoms with Gasteiger partial charge in [-0.2, -0.15) is 0 Å². The predicted molar refractivity (Wildman–Crippen MR) is 78.1 cm³/mol. The van der Waals surface area contributed by atoms with Crippen molar-refractivity contribution in [2.45, 2.75) is 56.1 Å². The molecular weight excluding hydrogens is 274 g/mol. The van der Waals surface area contributed by atoms with Crippen LogP contribution in [0.1, 0.15) is 44.3 Å². The van der Waals surface area contributed by atoms with Crippen LogP contribution < -0.4 is 5.32 Å². The van der Waals surface area contributed by atoms with Crippen LogP contribution in [0, 0.1) is 0 Å². The fraction of sp³-hybridized carbons (Fsp3) is 0.714. The molecule has 0 radical (unpaired) electrons. The zero-order chi connectivity index (χ0) is 14.3. The van der Waals surface area contributed by atoms with Gasteiger partial charge in [-0.25, -0.2) is 12.7 Å². The molecule has 2 aliphatic rings. The number of nitrogens with one attached hydrogen (secondary N) is 1. The normalized spacial score (nSPS) is 19.8. The van der Waals surface area contributed by atoms with Crippen molar-refractivity contribution in [2.75, 3.05) is 13.6 Å². The van der Waals surface area contributed by atoms with Crippen molar-refractivity contribution in [3.63, 3.8) is 0 Å². The van der Waals surface area contributed by atoms with Crippen LogP contribution in [0.4, 0.5) is 0 Å². The zero-order valence-corrected chi connectivity index (χ0v) is 13.0. The highest BCUT2D eigenvalue weighted by atomic mass is 32.2. The van der Waals surface area contributed by atoms with E-state index in [1.807, 2.05) is 19.2 Å². The molecular formula is C14H23N3O2S. The lowest BCUT2D eigenvalue weighted by atomic mass is 10.4. The molecule has 0 unspecified atom stereocenters. The Morgan fingerprint density at radius 3 is 2.60 bits per heavy atom. The molecule has 0 bridgehead atoms. The Bertz CT molecular complexity index is 586. The number of aromatic nitrogens is 1. The fourth-order valence-corrected chi connectivity index (χ4v) is 3.59. The van der Waals surface area contributed by atoms with Gasteiger partial charge in [0.1, 0.15) is 4.90 Å². The van der Waals surface area contributed by atoms with Gasteiger partial charge in [-0.15, -0.1) is 0 Å². The van der Waals surface area contributed by atoms with E-state index in [4.69, 9.17) is 0 Å². The minimum absolute atomic E-state index is 0.432. The standard InChI is InChI=1S/C14H23N3O2S/c1-3-16(2)20(18,19)14-8-13(9-15-11-4-5-11)17(10-14)12-6-7-12/h8,10-12,15H,3-7,9H2,1-2H3. The molecule has 1 heterocycles. The van der Waals surface area contributed by atoms with E-state index in [1.165, 1.54) is 17.1 Å². The first-order valence-electron chi connectivity index (χ1n) is 7.43. The molecule has 1 aromatic rings. The summed E-state index contributed by atoms with van der Waals surface area (Å²) in [7, 11) is -1.70. The van der Waals surface area contributed by atoms with Crippen molar-refractivity contribution >= 4 is 10.0 Å². The van der Waals surface area contributed by atoms with Crippen LogP contribution in [0.2, 0.25) is 0 Å². The van der Waals surface area contributed by atoms with E-state index in [2.05, 4.69) is 9.88 Å². The molecule has 0 saturated heterocycles. The molecule has 2 aliphatic carbocycles. The molecule has 1 N–H and O–H groups in total. The summed E-state index contributed by atoms with van der Waals surface area (Å²) in [4.78, 5) is 0.432. The van der Waals surface area contributed by atoms with Crippen LogP contribution in [-0.4, -0.2) is 36.9 Å². The van der Waals surface area contributed by atoms with Crippen molar-refractivity contribution in [1.29, 1.82) is 0 Å². The van der Waals surface area contributed by atoms with Crippen LogP contribution in [0.15, 0.2) is 17.2 Å². The third-order valence-electron chi connectivity index (χ3n) is 4.15. The maximum atomic E-state index is 12.4. The Kier molecular flexibility index (Phi) is 3.64. The SMILES string of the molecule is CCN(C)S(=O)(=O)c1cc(CNC2CC2)n(C2CC2)c1. The van der Waals surface area contributed by atoms with E-state index >= 15 is 0 Å². The molecule has 2 fully saturated rings. The van der Waals surface area contributed by atoms with Gasteiger partial charge in [0, 0.05) is 44.1 Å². The van der Waals surface area contributed by atoms with Gasteiger partial charge in [0.05, 0.1) is 0 Å². The van der Waals surface area contributed by atoms with E-state index in [1.54, 1.807) is 7.05 Å². The van der Waals surface area contributed by atoms with Crippen molar-refractivity contribution in [2.24, 2.45) is 0 Å². The van der Waals surface area contributed by atoms with E-state index in [9.17, 15) is 8.42 Å². The van der Waals surface area contributed by atoms with Crippen molar-refractivity contribution in [3.05, 3.63) is 18.0 Å². The Hall–Kier alpha value is -0.850. The highest BCUT2D eigenvalue weighted by Crippen LogP contribution is 2.37. The summed E-state index contributed by atoms with van der Waals surface area (Å²) in [5.74, 6) is 0. The summed E-state index contributed by atoms with van der Waals surface area (Å²) in [5, 5.41) is 3.47. The van der Waals surface area contributed by atoms with Gasteiger partial charge in [-0.05, 0) is 31.7 Å². The number of hydrogen-bond donors (Lipinski definition) is 1. The zero-order valence-electron chi connectivity index (χ0n) is 12.2. The van der Waals surface area contributed by atoms with Gasteiger partial charge in [-0.3, -0.25) is 0 Å². The first-order valence-corrected chi connectivity index (χ1v) is 8.87. The highest BCUT2D eigenvalue weighted by Gasteiger charge is 2.30. The van der Waals surface area contributed by atoms with Gasteiger partial charge < -0.3 is 9.88 Å². The lowest BCUT2D eigenvalue weighted by molar-refractivity contribution is 0.486. The molecule has 0 aliphatic heterocycles. The second-order valence-electron chi connectivity index (χ2n) is 5.88. The number of rotatable bonds is 7. The average Bonchev–Trinajstić information content (AvgIpc) is 3.34. The van der Waals surface area contributed by atoms with Crippen molar-refractivity contribution < 1.29 is 8.42 Å². The van der Waals surface area contributed by atoms with Crippen molar-refractivity contribution in [1.82, 2.24) is 14.2 Å². The third-order valence-corrected chi connectivity index (χ3v) is 6.05. The topological polar surface area (TPSA) is 54.3 Å². The number of nitrogens with zero attached hydrogens (tertiary/aromatic N) is 2. The quantitative estimate of drug-likeness (QED) is 0.833. The summed E-state index contributed by atoms with van der Waals surface area (Å²) in [5.41, 5.74) is 1.10. The third kappa shape index (κ3) is 2.77. The molecule has 3 rings (SSSR count). The smallest absolute Gasteiger partial charge is 0.244 e. The molecule has 0 aromatic carbocycles. The van der Waals surface area contributed by atoms with Crippen LogP contribution in [0.5, 0.6) is 0 Å². The number of hydrogen-bond acceptors (Lipinski definition) is 3. The summed E-state index contributed by atoms with van der Waals surface area (Å²) in [6.07, 6.45) is 6.63. The average molecular weight is 297 g/mol. The second-order valence-corrected chi connectivity index (χ2v) is 7.92. The van der Waals surface area contributed by atoms with Crippen LogP contribution >= 0.6 is 0 Å². The summed E-state index contributed by atoms with van der Waals surface area (Å²) in [6, 6.07) is 2.98.